The van der Waals surface area contributed by atoms with Gasteiger partial charge in [-0.2, -0.15) is 0 Å². The SMILES string of the molecule is CN=C(NCCNS(=O)(=O)c1cccc([N+](=O)[O-])c1)N1CCC2(CCC2)C1. The molecule has 0 amide bonds. The lowest BCUT2D eigenvalue weighted by molar-refractivity contribution is -0.385. The van der Waals surface area contributed by atoms with Crippen molar-refractivity contribution in [3.63, 3.8) is 0 Å². The molecule has 1 saturated heterocycles. The number of guanidine groups is 1. The molecule has 2 aliphatic rings. The third-order valence-corrected chi connectivity index (χ3v) is 6.86. The third-order valence-electron chi connectivity index (χ3n) is 5.40. The van der Waals surface area contributed by atoms with Crippen LogP contribution in [0.5, 0.6) is 0 Å². The molecule has 1 spiro atoms. The van der Waals surface area contributed by atoms with Crippen LogP contribution in [0.15, 0.2) is 34.2 Å². The third kappa shape index (κ3) is 4.38. The highest BCUT2D eigenvalue weighted by Gasteiger charge is 2.43. The Labute approximate surface area is 159 Å². The van der Waals surface area contributed by atoms with Crippen LogP contribution < -0.4 is 10.0 Å². The average Bonchev–Trinajstić information content (AvgIpc) is 3.08. The molecule has 10 heteroatoms. The van der Waals surface area contributed by atoms with Crippen molar-refractivity contribution in [1.82, 2.24) is 14.9 Å². The van der Waals surface area contributed by atoms with Gasteiger partial charge in [0.1, 0.15) is 0 Å². The summed E-state index contributed by atoms with van der Waals surface area (Å²) in [5.74, 6) is 0.785. The average molecular weight is 395 g/mol. The van der Waals surface area contributed by atoms with E-state index in [0.29, 0.717) is 12.0 Å². The number of hydrogen-bond donors (Lipinski definition) is 2. The molecule has 1 heterocycles. The summed E-state index contributed by atoms with van der Waals surface area (Å²) in [6, 6.07) is 5.01. The number of non-ortho nitro benzene ring substituents is 1. The van der Waals surface area contributed by atoms with Gasteiger partial charge in [-0.15, -0.1) is 0 Å². The summed E-state index contributed by atoms with van der Waals surface area (Å²) < 4.78 is 27.1. The second-order valence-corrected chi connectivity index (χ2v) is 8.92. The first-order chi connectivity index (χ1) is 12.9. The number of hydrogen-bond acceptors (Lipinski definition) is 5. The van der Waals surface area contributed by atoms with Crippen molar-refractivity contribution in [2.75, 3.05) is 33.2 Å². The van der Waals surface area contributed by atoms with E-state index in [1.165, 1.54) is 43.9 Å². The number of benzene rings is 1. The van der Waals surface area contributed by atoms with Gasteiger partial charge in [-0.25, -0.2) is 13.1 Å². The van der Waals surface area contributed by atoms with E-state index in [-0.39, 0.29) is 17.1 Å². The van der Waals surface area contributed by atoms with Crippen LogP contribution in [0.2, 0.25) is 0 Å². The van der Waals surface area contributed by atoms with E-state index in [4.69, 9.17) is 0 Å². The zero-order valence-electron chi connectivity index (χ0n) is 15.3. The van der Waals surface area contributed by atoms with E-state index in [1.807, 2.05) is 0 Å². The molecule has 1 aromatic carbocycles. The van der Waals surface area contributed by atoms with Gasteiger partial charge in [0.05, 0.1) is 9.82 Å². The molecule has 148 valence electrons. The first-order valence-corrected chi connectivity index (χ1v) is 10.5. The van der Waals surface area contributed by atoms with E-state index < -0.39 is 14.9 Å². The lowest BCUT2D eigenvalue weighted by Crippen LogP contribution is -2.44. The molecule has 2 N–H and O–H groups in total. The smallest absolute Gasteiger partial charge is 0.270 e. The van der Waals surface area contributed by atoms with Crippen LogP contribution in [0.25, 0.3) is 0 Å². The first kappa shape index (κ1) is 19.6. The second kappa shape index (κ2) is 7.81. The van der Waals surface area contributed by atoms with Gasteiger partial charge in [0.2, 0.25) is 10.0 Å². The molecule has 27 heavy (non-hydrogen) atoms. The Morgan fingerprint density at radius 1 is 1.33 bits per heavy atom. The molecule has 0 aromatic heterocycles. The fraction of sp³-hybridized carbons (Fsp3) is 0.588. The summed E-state index contributed by atoms with van der Waals surface area (Å²) in [6.07, 6.45) is 5.05. The fourth-order valence-electron chi connectivity index (χ4n) is 3.74. The van der Waals surface area contributed by atoms with Crippen molar-refractivity contribution in [3.8, 4) is 0 Å². The van der Waals surface area contributed by atoms with Gasteiger partial charge in [0, 0.05) is 45.4 Å². The number of nitrogens with zero attached hydrogens (tertiary/aromatic N) is 3. The highest BCUT2D eigenvalue weighted by Crippen LogP contribution is 2.47. The molecule has 0 atom stereocenters. The van der Waals surface area contributed by atoms with Crippen LogP contribution in [0, 0.1) is 15.5 Å². The maximum Gasteiger partial charge on any atom is 0.270 e. The topological polar surface area (TPSA) is 117 Å². The number of nitrogens with one attached hydrogen (secondary N) is 2. The zero-order valence-corrected chi connectivity index (χ0v) is 16.2. The Morgan fingerprint density at radius 3 is 2.70 bits per heavy atom. The number of likely N-dealkylation sites (tertiary alicyclic amines) is 1. The van der Waals surface area contributed by atoms with E-state index in [2.05, 4.69) is 19.9 Å². The normalized spacial score (nSPS) is 19.1. The van der Waals surface area contributed by atoms with Crippen LogP contribution in [0.3, 0.4) is 0 Å². The fourth-order valence-corrected chi connectivity index (χ4v) is 4.81. The summed E-state index contributed by atoms with van der Waals surface area (Å²) in [4.78, 5) is 16.6. The number of rotatable bonds is 6. The van der Waals surface area contributed by atoms with E-state index in [9.17, 15) is 18.5 Å². The number of sulfonamides is 1. The molecule has 3 rings (SSSR count). The molecule has 0 radical (unpaired) electrons. The Morgan fingerprint density at radius 2 is 2.11 bits per heavy atom. The Hall–Kier alpha value is -2.20. The maximum atomic E-state index is 12.3. The number of nitro benzene ring substituents is 1. The minimum absolute atomic E-state index is 0.118. The maximum absolute atomic E-state index is 12.3. The van der Waals surface area contributed by atoms with Crippen LogP contribution in [-0.4, -0.2) is 57.4 Å². The largest absolute Gasteiger partial charge is 0.355 e. The minimum atomic E-state index is -3.80. The van der Waals surface area contributed by atoms with Gasteiger partial charge in [-0.05, 0) is 30.7 Å². The first-order valence-electron chi connectivity index (χ1n) is 9.05. The number of aliphatic imine (C=N–C) groups is 1. The molecule has 1 saturated carbocycles. The molecule has 1 aromatic rings. The molecule has 1 aliphatic carbocycles. The van der Waals surface area contributed by atoms with Crippen molar-refractivity contribution in [2.24, 2.45) is 10.4 Å². The Balaban J connectivity index is 1.50. The van der Waals surface area contributed by atoms with Crippen molar-refractivity contribution in [2.45, 2.75) is 30.6 Å². The van der Waals surface area contributed by atoms with Gasteiger partial charge in [-0.1, -0.05) is 12.5 Å². The molecule has 1 aliphatic heterocycles. The summed E-state index contributed by atoms with van der Waals surface area (Å²) >= 11 is 0. The van der Waals surface area contributed by atoms with Crippen molar-refractivity contribution in [1.29, 1.82) is 0 Å². The predicted octanol–water partition coefficient (Wildman–Crippen LogP) is 1.32. The monoisotopic (exact) mass is 395 g/mol. The van der Waals surface area contributed by atoms with E-state index in [0.717, 1.165) is 25.1 Å². The van der Waals surface area contributed by atoms with Crippen LogP contribution in [-0.2, 0) is 10.0 Å². The lowest BCUT2D eigenvalue weighted by Gasteiger charge is -2.38. The van der Waals surface area contributed by atoms with Crippen LogP contribution in [0.1, 0.15) is 25.7 Å². The van der Waals surface area contributed by atoms with Gasteiger partial charge >= 0.3 is 0 Å². The highest BCUT2D eigenvalue weighted by molar-refractivity contribution is 7.89. The molecule has 2 fully saturated rings. The molecular formula is C17H25N5O4S. The quantitative estimate of drug-likeness (QED) is 0.247. The summed E-state index contributed by atoms with van der Waals surface area (Å²) in [7, 11) is -2.08. The lowest BCUT2D eigenvalue weighted by atomic mass is 9.68. The van der Waals surface area contributed by atoms with E-state index in [1.54, 1.807) is 7.05 Å². The molecule has 0 unspecified atom stereocenters. The van der Waals surface area contributed by atoms with Gasteiger partial charge in [0.15, 0.2) is 5.96 Å². The van der Waals surface area contributed by atoms with Crippen LogP contribution >= 0.6 is 0 Å². The van der Waals surface area contributed by atoms with Gasteiger partial charge in [-0.3, -0.25) is 15.1 Å². The summed E-state index contributed by atoms with van der Waals surface area (Å²) in [6.45, 7) is 2.51. The summed E-state index contributed by atoms with van der Waals surface area (Å²) in [5.41, 5.74) is 0.205. The van der Waals surface area contributed by atoms with Crippen molar-refractivity contribution < 1.29 is 13.3 Å². The highest BCUT2D eigenvalue weighted by atomic mass is 32.2. The van der Waals surface area contributed by atoms with Gasteiger partial charge < -0.3 is 10.2 Å². The van der Waals surface area contributed by atoms with Crippen LogP contribution in [0.4, 0.5) is 5.69 Å². The Kier molecular flexibility index (Phi) is 5.66. The molecule has 0 bridgehead atoms. The van der Waals surface area contributed by atoms with E-state index >= 15 is 0 Å². The Bertz CT molecular complexity index is 835. The number of nitro groups is 1. The van der Waals surface area contributed by atoms with Crippen molar-refractivity contribution in [3.05, 3.63) is 34.4 Å². The molecule has 9 nitrogen and oxygen atoms in total. The second-order valence-electron chi connectivity index (χ2n) is 7.15. The zero-order chi connectivity index (χ0) is 19.5. The van der Waals surface area contributed by atoms with Crippen molar-refractivity contribution >= 4 is 21.7 Å². The predicted molar refractivity (Wildman–Crippen MR) is 102 cm³/mol. The summed E-state index contributed by atoms with van der Waals surface area (Å²) in [5, 5.41) is 14.0. The molecular weight excluding hydrogens is 370 g/mol. The van der Waals surface area contributed by atoms with Gasteiger partial charge in [0.25, 0.3) is 5.69 Å². The minimum Gasteiger partial charge on any atom is -0.355 e. The standard InChI is InChI=1S/C17H25N5O4S/c1-18-16(21-11-8-17(13-21)6-3-7-17)19-9-10-20-27(25,26)15-5-2-4-14(12-15)22(23)24/h2,4-5,12,20H,3,6-11,13H2,1H3,(H,18,19).